The van der Waals surface area contributed by atoms with Gasteiger partial charge >= 0.3 is 0 Å². The van der Waals surface area contributed by atoms with Gasteiger partial charge in [0.25, 0.3) is 5.91 Å². The summed E-state index contributed by atoms with van der Waals surface area (Å²) >= 11 is 7.58. The summed E-state index contributed by atoms with van der Waals surface area (Å²) in [5, 5.41) is 4.61. The Balaban J connectivity index is 1.52. The molecule has 0 aliphatic carbocycles. The molecule has 27 heavy (non-hydrogen) atoms. The lowest BCUT2D eigenvalue weighted by atomic mass is 10.1. The van der Waals surface area contributed by atoms with Crippen molar-refractivity contribution in [2.24, 2.45) is 5.10 Å². The van der Waals surface area contributed by atoms with Gasteiger partial charge in [-0.25, -0.2) is 9.82 Å². The molecule has 0 saturated heterocycles. The van der Waals surface area contributed by atoms with E-state index in [1.165, 1.54) is 18.3 Å². The first kappa shape index (κ1) is 19.1. The number of hydrogen-bond donors (Lipinski definition) is 1. The fraction of sp³-hybridized carbons (Fsp3) is 0.0476. The topological polar surface area (TPSA) is 41.5 Å². The monoisotopic (exact) mass is 398 g/mol. The molecule has 6 heteroatoms. The van der Waals surface area contributed by atoms with Gasteiger partial charge in [-0.2, -0.15) is 5.10 Å². The van der Waals surface area contributed by atoms with Crippen molar-refractivity contribution in [3.8, 4) is 0 Å². The minimum absolute atomic E-state index is 0.301. The third-order valence-corrected chi connectivity index (χ3v) is 5.02. The van der Waals surface area contributed by atoms with Crippen LogP contribution in [0.5, 0.6) is 0 Å². The van der Waals surface area contributed by atoms with Crippen LogP contribution in [0.3, 0.4) is 0 Å². The number of halogens is 2. The largest absolute Gasteiger partial charge is 0.271 e. The van der Waals surface area contributed by atoms with Crippen LogP contribution in [-0.4, -0.2) is 12.1 Å². The first-order valence-corrected chi connectivity index (χ1v) is 9.53. The van der Waals surface area contributed by atoms with E-state index >= 15 is 0 Å². The van der Waals surface area contributed by atoms with Crippen molar-refractivity contribution in [3.63, 3.8) is 0 Å². The van der Waals surface area contributed by atoms with Crippen molar-refractivity contribution in [1.29, 1.82) is 0 Å². The van der Waals surface area contributed by atoms with Gasteiger partial charge < -0.3 is 0 Å². The van der Waals surface area contributed by atoms with Gasteiger partial charge in [0.15, 0.2) is 0 Å². The molecule has 0 radical (unpaired) electrons. The molecular weight excluding hydrogens is 383 g/mol. The molecule has 0 atom stereocenters. The van der Waals surface area contributed by atoms with Crippen LogP contribution in [0.15, 0.2) is 82.8 Å². The molecule has 1 amide bonds. The second-order valence-electron chi connectivity index (χ2n) is 5.69. The van der Waals surface area contributed by atoms with E-state index in [1.54, 1.807) is 36.0 Å². The summed E-state index contributed by atoms with van der Waals surface area (Å²) < 4.78 is 12.8. The van der Waals surface area contributed by atoms with E-state index in [2.05, 4.69) is 10.5 Å². The number of rotatable bonds is 6. The van der Waals surface area contributed by atoms with Gasteiger partial charge in [-0.15, -0.1) is 11.8 Å². The third-order valence-electron chi connectivity index (χ3n) is 3.68. The van der Waals surface area contributed by atoms with Gasteiger partial charge in [0.1, 0.15) is 5.82 Å². The number of nitrogens with one attached hydrogen (secondary N) is 1. The summed E-state index contributed by atoms with van der Waals surface area (Å²) in [4.78, 5) is 13.2. The van der Waals surface area contributed by atoms with E-state index < -0.39 is 0 Å². The minimum atomic E-state index is -0.314. The highest BCUT2D eigenvalue weighted by molar-refractivity contribution is 7.98. The van der Waals surface area contributed by atoms with Crippen molar-refractivity contribution < 1.29 is 9.18 Å². The number of hydrazone groups is 1. The number of carbonyl (C=O) groups is 1. The maximum atomic E-state index is 12.8. The van der Waals surface area contributed by atoms with Crippen LogP contribution >= 0.6 is 23.4 Å². The van der Waals surface area contributed by atoms with Gasteiger partial charge in [-0.05, 0) is 59.7 Å². The summed E-state index contributed by atoms with van der Waals surface area (Å²) in [6.07, 6.45) is 1.47. The minimum Gasteiger partial charge on any atom is -0.267 e. The summed E-state index contributed by atoms with van der Waals surface area (Å²) in [7, 11) is 0. The molecule has 1 N–H and O–H groups in total. The lowest BCUT2D eigenvalue weighted by Crippen LogP contribution is -2.17. The number of amides is 1. The van der Waals surface area contributed by atoms with E-state index in [1.807, 2.05) is 36.4 Å². The standard InChI is InChI=1S/C21H16ClFN2OS/c22-18-7-11-20(12-8-18)27-14-16-1-5-17(6-2-16)21(26)25-24-13-15-3-9-19(23)10-4-15/h1-13H,14H2,(H,25,26). The fourth-order valence-electron chi connectivity index (χ4n) is 2.23. The van der Waals surface area contributed by atoms with Crippen molar-refractivity contribution in [2.45, 2.75) is 10.6 Å². The number of benzene rings is 3. The Bertz CT molecular complexity index is 926. The van der Waals surface area contributed by atoms with E-state index in [-0.39, 0.29) is 11.7 Å². The maximum absolute atomic E-state index is 12.8. The molecule has 0 aliphatic rings. The SMILES string of the molecule is O=C(NN=Cc1ccc(F)cc1)c1ccc(CSc2ccc(Cl)cc2)cc1. The molecule has 0 fully saturated rings. The van der Waals surface area contributed by atoms with Crippen molar-refractivity contribution in [2.75, 3.05) is 0 Å². The number of carbonyl (C=O) groups excluding carboxylic acids is 1. The predicted molar refractivity (Wildman–Crippen MR) is 109 cm³/mol. The quantitative estimate of drug-likeness (QED) is 0.336. The molecule has 0 unspecified atom stereocenters. The summed E-state index contributed by atoms with van der Waals surface area (Å²) in [5.41, 5.74) is 4.80. The molecule has 0 spiro atoms. The summed E-state index contributed by atoms with van der Waals surface area (Å²) in [6.45, 7) is 0. The third kappa shape index (κ3) is 5.94. The molecule has 0 bridgehead atoms. The average molecular weight is 399 g/mol. The first-order valence-electron chi connectivity index (χ1n) is 8.16. The van der Waals surface area contributed by atoms with E-state index in [9.17, 15) is 9.18 Å². The highest BCUT2D eigenvalue weighted by Crippen LogP contribution is 2.24. The molecule has 3 rings (SSSR count). The Morgan fingerprint density at radius 1 is 1.00 bits per heavy atom. The van der Waals surface area contributed by atoms with E-state index in [4.69, 9.17) is 11.6 Å². The second kappa shape index (κ2) is 9.35. The molecule has 3 aromatic carbocycles. The zero-order chi connectivity index (χ0) is 19.1. The van der Waals surface area contributed by atoms with E-state index in [0.717, 1.165) is 21.2 Å². The summed E-state index contributed by atoms with van der Waals surface area (Å²) in [5.74, 6) is 0.183. The van der Waals surface area contributed by atoms with Gasteiger partial charge in [0.05, 0.1) is 6.21 Å². The van der Waals surface area contributed by atoms with Crippen molar-refractivity contribution >= 4 is 35.5 Å². The zero-order valence-electron chi connectivity index (χ0n) is 14.2. The molecule has 0 saturated carbocycles. The Labute approximate surface area is 166 Å². The Hall–Kier alpha value is -2.63. The van der Waals surface area contributed by atoms with Crippen LogP contribution in [-0.2, 0) is 5.75 Å². The second-order valence-corrected chi connectivity index (χ2v) is 7.18. The zero-order valence-corrected chi connectivity index (χ0v) is 15.8. The predicted octanol–water partition coefficient (Wildman–Crippen LogP) is 5.54. The first-order chi connectivity index (χ1) is 13.1. The Morgan fingerprint density at radius 2 is 1.67 bits per heavy atom. The Morgan fingerprint density at radius 3 is 2.33 bits per heavy atom. The van der Waals surface area contributed by atoms with Gasteiger partial charge in [0.2, 0.25) is 0 Å². The van der Waals surface area contributed by atoms with Crippen LogP contribution in [0.1, 0.15) is 21.5 Å². The molecule has 0 heterocycles. The molecule has 3 aromatic rings. The van der Waals surface area contributed by atoms with Crippen LogP contribution in [0.2, 0.25) is 5.02 Å². The average Bonchev–Trinajstić information content (AvgIpc) is 2.69. The lowest BCUT2D eigenvalue weighted by molar-refractivity contribution is 0.0955. The van der Waals surface area contributed by atoms with Gasteiger partial charge in [0, 0.05) is 21.2 Å². The van der Waals surface area contributed by atoms with Crippen LogP contribution in [0, 0.1) is 5.82 Å². The maximum Gasteiger partial charge on any atom is 0.271 e. The lowest BCUT2D eigenvalue weighted by Gasteiger charge is -2.04. The molecular formula is C21H16ClFN2OS. The number of hydrogen-bond acceptors (Lipinski definition) is 3. The highest BCUT2D eigenvalue weighted by atomic mass is 35.5. The van der Waals surface area contributed by atoms with E-state index in [0.29, 0.717) is 11.1 Å². The van der Waals surface area contributed by atoms with Crippen molar-refractivity contribution in [1.82, 2.24) is 5.43 Å². The number of thioether (sulfide) groups is 1. The normalized spacial score (nSPS) is 10.9. The molecule has 136 valence electrons. The Kier molecular flexibility index (Phi) is 6.63. The summed E-state index contributed by atoms with van der Waals surface area (Å²) in [6, 6.07) is 20.9. The molecule has 0 aliphatic heterocycles. The van der Waals surface area contributed by atoms with Crippen LogP contribution < -0.4 is 5.43 Å². The fourth-order valence-corrected chi connectivity index (χ4v) is 3.21. The molecule has 3 nitrogen and oxygen atoms in total. The highest BCUT2D eigenvalue weighted by Gasteiger charge is 2.04. The van der Waals surface area contributed by atoms with Gasteiger partial charge in [-0.1, -0.05) is 35.9 Å². The smallest absolute Gasteiger partial charge is 0.267 e. The van der Waals surface area contributed by atoms with Crippen LogP contribution in [0.25, 0.3) is 0 Å². The van der Waals surface area contributed by atoms with Gasteiger partial charge in [-0.3, -0.25) is 4.79 Å². The molecule has 0 aromatic heterocycles. The number of nitrogens with zero attached hydrogens (tertiary/aromatic N) is 1. The van der Waals surface area contributed by atoms with Crippen molar-refractivity contribution in [3.05, 3.63) is 100 Å². The van der Waals surface area contributed by atoms with Crippen LogP contribution in [0.4, 0.5) is 4.39 Å².